The van der Waals surface area contributed by atoms with Crippen LogP contribution in [0.3, 0.4) is 0 Å². The molecule has 5 heteroatoms. The van der Waals surface area contributed by atoms with Gasteiger partial charge in [0.05, 0.1) is 5.56 Å². The highest BCUT2D eigenvalue weighted by Gasteiger charge is 2.30. The Morgan fingerprint density at radius 1 is 1.10 bits per heavy atom. The molecule has 0 aromatic heterocycles. The van der Waals surface area contributed by atoms with Gasteiger partial charge in [-0.3, -0.25) is 0 Å². The number of phenols is 1. The Labute approximate surface area is 114 Å². The molecule has 0 amide bonds. The number of aromatic hydroxyl groups is 1. The average molecular weight is 281 g/mol. The molecule has 0 fully saturated rings. The van der Waals surface area contributed by atoms with Crippen molar-refractivity contribution in [1.29, 1.82) is 0 Å². The summed E-state index contributed by atoms with van der Waals surface area (Å²) >= 11 is 0. The normalized spacial score (nSPS) is 11.4. The van der Waals surface area contributed by atoms with Gasteiger partial charge in [0, 0.05) is 12.2 Å². The summed E-state index contributed by atoms with van der Waals surface area (Å²) in [6.45, 7) is 2.10. The van der Waals surface area contributed by atoms with Crippen molar-refractivity contribution in [2.45, 2.75) is 19.6 Å². The Kier molecular flexibility index (Phi) is 3.88. The van der Waals surface area contributed by atoms with E-state index in [1.165, 1.54) is 12.1 Å². The topological polar surface area (TPSA) is 32.3 Å². The minimum absolute atomic E-state index is 0.159. The minimum atomic E-state index is -4.33. The smallest absolute Gasteiger partial charge is 0.416 e. The molecule has 0 saturated carbocycles. The first kappa shape index (κ1) is 14.2. The summed E-state index contributed by atoms with van der Waals surface area (Å²) < 4.78 is 37.8. The van der Waals surface area contributed by atoms with Crippen molar-refractivity contribution < 1.29 is 18.3 Å². The van der Waals surface area contributed by atoms with Gasteiger partial charge in [-0.05, 0) is 48.4 Å². The number of nitrogens with one attached hydrogen (secondary N) is 1. The summed E-state index contributed by atoms with van der Waals surface area (Å²) in [5.74, 6) is 0.159. The number of hydrogen-bond acceptors (Lipinski definition) is 2. The van der Waals surface area contributed by atoms with E-state index in [0.717, 1.165) is 23.4 Å². The second-order valence-electron chi connectivity index (χ2n) is 4.55. The molecule has 0 atom stereocenters. The molecule has 2 N–H and O–H groups in total. The van der Waals surface area contributed by atoms with Crippen molar-refractivity contribution >= 4 is 5.69 Å². The molecular weight excluding hydrogens is 267 g/mol. The van der Waals surface area contributed by atoms with Crippen molar-refractivity contribution in [2.75, 3.05) is 5.32 Å². The molecule has 0 bridgehead atoms. The number of phenolic OH excluding ortho intramolecular Hbond substituents is 1. The predicted octanol–water partition coefficient (Wildman–Crippen LogP) is 4.33. The van der Waals surface area contributed by atoms with Gasteiger partial charge in [0.25, 0.3) is 0 Å². The standard InChI is InChI=1S/C15H14F3NO/c1-10-7-13(20)5-6-14(10)19-9-11-3-2-4-12(8-11)15(16,17)18/h2-8,19-20H,9H2,1H3. The summed E-state index contributed by atoms with van der Waals surface area (Å²) in [5.41, 5.74) is 1.50. The first-order chi connectivity index (χ1) is 9.36. The first-order valence-electron chi connectivity index (χ1n) is 6.06. The molecule has 0 aliphatic heterocycles. The van der Waals surface area contributed by atoms with Crippen LogP contribution in [0.4, 0.5) is 18.9 Å². The Hall–Kier alpha value is -2.17. The van der Waals surface area contributed by atoms with E-state index in [1.807, 2.05) is 6.92 Å². The van der Waals surface area contributed by atoms with E-state index in [0.29, 0.717) is 5.56 Å². The highest BCUT2D eigenvalue weighted by molar-refractivity contribution is 5.53. The molecule has 0 aliphatic carbocycles. The monoisotopic (exact) mass is 281 g/mol. The van der Waals surface area contributed by atoms with E-state index in [1.54, 1.807) is 18.2 Å². The van der Waals surface area contributed by atoms with E-state index in [-0.39, 0.29) is 12.3 Å². The van der Waals surface area contributed by atoms with Gasteiger partial charge in [-0.2, -0.15) is 13.2 Å². The highest BCUT2D eigenvalue weighted by atomic mass is 19.4. The van der Waals surface area contributed by atoms with E-state index in [4.69, 9.17) is 0 Å². The molecule has 0 spiro atoms. The van der Waals surface area contributed by atoms with Crippen LogP contribution in [-0.2, 0) is 12.7 Å². The maximum Gasteiger partial charge on any atom is 0.416 e. The SMILES string of the molecule is Cc1cc(O)ccc1NCc1cccc(C(F)(F)F)c1. The lowest BCUT2D eigenvalue weighted by atomic mass is 10.1. The van der Waals surface area contributed by atoms with Crippen LogP contribution >= 0.6 is 0 Å². The van der Waals surface area contributed by atoms with Crippen molar-refractivity contribution in [3.8, 4) is 5.75 Å². The van der Waals surface area contributed by atoms with Crippen LogP contribution in [0.5, 0.6) is 5.75 Å². The second-order valence-corrected chi connectivity index (χ2v) is 4.55. The lowest BCUT2D eigenvalue weighted by Gasteiger charge is -2.12. The van der Waals surface area contributed by atoms with E-state index >= 15 is 0 Å². The van der Waals surface area contributed by atoms with Crippen molar-refractivity contribution in [2.24, 2.45) is 0 Å². The lowest BCUT2D eigenvalue weighted by Crippen LogP contribution is -2.07. The Morgan fingerprint density at radius 2 is 1.85 bits per heavy atom. The van der Waals surface area contributed by atoms with Crippen LogP contribution in [0.15, 0.2) is 42.5 Å². The maximum atomic E-state index is 12.6. The largest absolute Gasteiger partial charge is 0.508 e. The highest BCUT2D eigenvalue weighted by Crippen LogP contribution is 2.29. The molecule has 0 heterocycles. The fourth-order valence-electron chi connectivity index (χ4n) is 1.90. The second kappa shape index (κ2) is 5.45. The fourth-order valence-corrected chi connectivity index (χ4v) is 1.90. The molecule has 2 aromatic rings. The molecule has 2 nitrogen and oxygen atoms in total. The van der Waals surface area contributed by atoms with Gasteiger partial charge in [-0.1, -0.05) is 12.1 Å². The third kappa shape index (κ3) is 3.44. The summed E-state index contributed by atoms with van der Waals surface area (Å²) in [6.07, 6.45) is -4.33. The number of rotatable bonds is 3. The number of alkyl halides is 3. The maximum absolute atomic E-state index is 12.6. The summed E-state index contributed by atoms with van der Waals surface area (Å²) in [5, 5.41) is 12.4. The zero-order valence-electron chi connectivity index (χ0n) is 10.8. The van der Waals surface area contributed by atoms with Crippen LogP contribution in [0.2, 0.25) is 0 Å². The van der Waals surface area contributed by atoms with Gasteiger partial charge in [-0.15, -0.1) is 0 Å². The summed E-state index contributed by atoms with van der Waals surface area (Å²) in [6, 6.07) is 10.0. The van der Waals surface area contributed by atoms with Crippen molar-refractivity contribution in [3.63, 3.8) is 0 Å². The number of halogens is 3. The van der Waals surface area contributed by atoms with Crippen molar-refractivity contribution in [3.05, 3.63) is 59.2 Å². The molecule has 0 radical (unpaired) electrons. The molecule has 20 heavy (non-hydrogen) atoms. The van der Waals surface area contributed by atoms with Gasteiger partial charge < -0.3 is 10.4 Å². The average Bonchev–Trinajstić information content (AvgIpc) is 2.37. The minimum Gasteiger partial charge on any atom is -0.508 e. The third-order valence-corrected chi connectivity index (χ3v) is 2.95. The van der Waals surface area contributed by atoms with Gasteiger partial charge in [0.2, 0.25) is 0 Å². The third-order valence-electron chi connectivity index (χ3n) is 2.95. The zero-order valence-corrected chi connectivity index (χ0v) is 10.8. The van der Waals surface area contributed by atoms with Crippen molar-refractivity contribution in [1.82, 2.24) is 0 Å². The zero-order chi connectivity index (χ0) is 14.8. The molecule has 0 saturated heterocycles. The molecule has 0 unspecified atom stereocenters. The van der Waals surface area contributed by atoms with Crippen LogP contribution in [0.25, 0.3) is 0 Å². The molecule has 2 aromatic carbocycles. The predicted molar refractivity (Wildman–Crippen MR) is 71.6 cm³/mol. The quantitative estimate of drug-likeness (QED) is 0.821. The number of anilines is 1. The van der Waals surface area contributed by atoms with Crippen LogP contribution in [0, 0.1) is 6.92 Å². The molecule has 2 rings (SSSR count). The molecular formula is C15H14F3NO. The Bertz CT molecular complexity index is 608. The lowest BCUT2D eigenvalue weighted by molar-refractivity contribution is -0.137. The summed E-state index contributed by atoms with van der Waals surface area (Å²) in [4.78, 5) is 0. The van der Waals surface area contributed by atoms with Gasteiger partial charge in [0.1, 0.15) is 5.75 Å². The van der Waals surface area contributed by atoms with E-state index in [2.05, 4.69) is 5.32 Å². The first-order valence-corrected chi connectivity index (χ1v) is 6.06. The number of hydrogen-bond donors (Lipinski definition) is 2. The van der Waals surface area contributed by atoms with Gasteiger partial charge >= 0.3 is 6.18 Å². The van der Waals surface area contributed by atoms with Gasteiger partial charge in [-0.25, -0.2) is 0 Å². The van der Waals surface area contributed by atoms with Crippen LogP contribution in [-0.4, -0.2) is 5.11 Å². The van der Waals surface area contributed by atoms with Gasteiger partial charge in [0.15, 0.2) is 0 Å². The number of aryl methyl sites for hydroxylation is 1. The van der Waals surface area contributed by atoms with Crippen LogP contribution < -0.4 is 5.32 Å². The molecule has 106 valence electrons. The fraction of sp³-hybridized carbons (Fsp3) is 0.200. The Balaban J connectivity index is 2.11. The van der Waals surface area contributed by atoms with E-state index < -0.39 is 11.7 Å². The molecule has 0 aliphatic rings. The van der Waals surface area contributed by atoms with E-state index in [9.17, 15) is 18.3 Å². The number of benzene rings is 2. The Morgan fingerprint density at radius 3 is 2.50 bits per heavy atom. The summed E-state index contributed by atoms with van der Waals surface area (Å²) in [7, 11) is 0. The van der Waals surface area contributed by atoms with Crippen LogP contribution in [0.1, 0.15) is 16.7 Å².